The highest BCUT2D eigenvalue weighted by molar-refractivity contribution is 7.80. The molecule has 2 heterocycles. The molecule has 0 spiro atoms. The van der Waals surface area contributed by atoms with E-state index in [-0.39, 0.29) is 0 Å². The number of hydrogen-bond donors (Lipinski definition) is 1. The van der Waals surface area contributed by atoms with Crippen LogP contribution in [0.25, 0.3) is 0 Å². The Bertz CT molecular complexity index is 751. The van der Waals surface area contributed by atoms with E-state index in [4.69, 9.17) is 16.6 Å². The minimum atomic E-state index is 0.701. The van der Waals surface area contributed by atoms with Gasteiger partial charge in [-0.2, -0.15) is 0 Å². The Hall–Kier alpha value is -1.85. The fourth-order valence-corrected chi connectivity index (χ4v) is 4.33. The van der Waals surface area contributed by atoms with Gasteiger partial charge in [0.05, 0.1) is 12.8 Å². The number of likely N-dealkylation sites (tertiary alicyclic amines) is 1. The highest BCUT2D eigenvalue weighted by atomic mass is 32.1. The number of thiocarbonyl (C=S) groups is 1. The third kappa shape index (κ3) is 6.58. The molecule has 4 nitrogen and oxygen atoms in total. The van der Waals surface area contributed by atoms with E-state index < -0.39 is 0 Å². The van der Waals surface area contributed by atoms with Gasteiger partial charge in [0.25, 0.3) is 0 Å². The zero-order valence-corrected chi connectivity index (χ0v) is 18.8. The molecule has 1 aromatic carbocycles. The number of rotatable bonds is 8. The number of para-hydroxylation sites is 1. The van der Waals surface area contributed by atoms with Crippen LogP contribution in [0, 0.1) is 6.92 Å². The van der Waals surface area contributed by atoms with Gasteiger partial charge in [-0.05, 0) is 87.7 Å². The molecule has 3 rings (SSSR count). The lowest BCUT2D eigenvalue weighted by molar-refractivity contribution is 0.262. The second-order valence-electron chi connectivity index (χ2n) is 8.00. The maximum atomic E-state index is 5.85. The molecule has 29 heavy (non-hydrogen) atoms. The second kappa shape index (κ2) is 11.4. The highest BCUT2D eigenvalue weighted by Gasteiger charge is 2.16. The summed E-state index contributed by atoms with van der Waals surface area (Å²) in [4.78, 5) is 4.86. The molecule has 1 saturated heterocycles. The van der Waals surface area contributed by atoms with Crippen molar-refractivity contribution in [2.45, 2.75) is 58.9 Å². The van der Waals surface area contributed by atoms with Crippen LogP contribution >= 0.6 is 12.2 Å². The molecule has 0 radical (unpaired) electrons. The van der Waals surface area contributed by atoms with Crippen molar-refractivity contribution in [1.29, 1.82) is 0 Å². The number of anilines is 1. The van der Waals surface area contributed by atoms with E-state index in [1.807, 2.05) is 12.1 Å². The summed E-state index contributed by atoms with van der Waals surface area (Å²) in [7, 11) is 0. The molecular weight excluding hydrogens is 378 g/mol. The van der Waals surface area contributed by atoms with Gasteiger partial charge in [0, 0.05) is 12.2 Å². The molecule has 1 aromatic heterocycles. The molecule has 5 heteroatoms. The van der Waals surface area contributed by atoms with Crippen molar-refractivity contribution in [3.8, 4) is 0 Å². The maximum absolute atomic E-state index is 5.85. The normalized spacial score (nSPS) is 15.1. The van der Waals surface area contributed by atoms with Crippen LogP contribution in [0.4, 0.5) is 5.69 Å². The van der Waals surface area contributed by atoms with Crippen molar-refractivity contribution >= 4 is 23.0 Å². The Balaban J connectivity index is 1.63. The Labute approximate surface area is 181 Å². The van der Waals surface area contributed by atoms with Crippen LogP contribution in [0.2, 0.25) is 0 Å². The Morgan fingerprint density at radius 3 is 2.62 bits per heavy atom. The molecule has 0 bridgehead atoms. The van der Waals surface area contributed by atoms with E-state index in [2.05, 4.69) is 47.2 Å². The third-order valence-corrected chi connectivity index (χ3v) is 6.15. The van der Waals surface area contributed by atoms with E-state index in [0.29, 0.717) is 6.54 Å². The first-order valence-corrected chi connectivity index (χ1v) is 11.5. The predicted octanol–water partition coefficient (Wildman–Crippen LogP) is 5.62. The summed E-state index contributed by atoms with van der Waals surface area (Å²) in [5, 5.41) is 4.32. The Kier molecular flexibility index (Phi) is 8.56. The zero-order valence-electron chi connectivity index (χ0n) is 18.0. The van der Waals surface area contributed by atoms with E-state index in [1.165, 1.54) is 49.9 Å². The summed E-state index contributed by atoms with van der Waals surface area (Å²) >= 11 is 5.85. The summed E-state index contributed by atoms with van der Waals surface area (Å²) in [6, 6.07) is 10.4. The summed E-state index contributed by atoms with van der Waals surface area (Å²) in [5.41, 5.74) is 3.68. The molecule has 0 aliphatic carbocycles. The van der Waals surface area contributed by atoms with Gasteiger partial charge in [0.15, 0.2) is 5.11 Å². The summed E-state index contributed by atoms with van der Waals surface area (Å²) in [6.45, 7) is 9.57. The molecule has 158 valence electrons. The first-order chi connectivity index (χ1) is 14.2. The molecule has 1 aliphatic rings. The monoisotopic (exact) mass is 413 g/mol. The quantitative estimate of drug-likeness (QED) is 0.568. The van der Waals surface area contributed by atoms with Gasteiger partial charge < -0.3 is 19.5 Å². The Morgan fingerprint density at radius 2 is 1.93 bits per heavy atom. The molecule has 2 aromatic rings. The minimum Gasteiger partial charge on any atom is -0.467 e. The molecule has 1 fully saturated rings. The molecule has 1 aliphatic heterocycles. The van der Waals surface area contributed by atoms with E-state index in [9.17, 15) is 0 Å². The average Bonchev–Trinajstić information content (AvgIpc) is 3.10. The topological polar surface area (TPSA) is 31.6 Å². The predicted molar refractivity (Wildman–Crippen MR) is 125 cm³/mol. The molecule has 0 atom stereocenters. The third-order valence-electron chi connectivity index (χ3n) is 5.79. The number of aryl methyl sites for hydroxylation is 2. The van der Waals surface area contributed by atoms with Gasteiger partial charge in [-0.15, -0.1) is 0 Å². The first-order valence-electron chi connectivity index (χ1n) is 11.1. The Morgan fingerprint density at radius 1 is 1.14 bits per heavy atom. The van der Waals surface area contributed by atoms with Crippen LogP contribution in [0.1, 0.15) is 55.9 Å². The smallest absolute Gasteiger partial charge is 0.173 e. The standard InChI is InChI=1S/C24H35N3OS/c1-3-21-12-8-11-20(2)23(21)25-24(29)27(19-22-13-9-18-28-22)17-10-16-26-14-6-4-5-7-15-26/h8-9,11-13,18H,3-7,10,14-17,19H2,1-2H3,(H,25,29). The molecule has 0 unspecified atom stereocenters. The first kappa shape index (κ1) is 21.8. The van der Waals surface area contributed by atoms with Crippen LogP contribution in [-0.4, -0.2) is 41.1 Å². The van der Waals surface area contributed by atoms with Gasteiger partial charge in [0.1, 0.15) is 5.76 Å². The van der Waals surface area contributed by atoms with Crippen molar-refractivity contribution in [3.63, 3.8) is 0 Å². The van der Waals surface area contributed by atoms with Crippen molar-refractivity contribution < 1.29 is 4.42 Å². The second-order valence-corrected chi connectivity index (χ2v) is 8.39. The summed E-state index contributed by atoms with van der Waals surface area (Å²) in [5.74, 6) is 0.949. The molecule has 1 N–H and O–H groups in total. The fraction of sp³-hybridized carbons (Fsp3) is 0.542. The maximum Gasteiger partial charge on any atom is 0.173 e. The highest BCUT2D eigenvalue weighted by Crippen LogP contribution is 2.22. The zero-order chi connectivity index (χ0) is 20.5. The summed E-state index contributed by atoms with van der Waals surface area (Å²) in [6.07, 6.45) is 9.26. The van der Waals surface area contributed by atoms with E-state index in [1.54, 1.807) is 6.26 Å². The SMILES string of the molecule is CCc1cccc(C)c1NC(=S)N(CCCN1CCCCCC1)Cc1ccco1. The molecule has 0 saturated carbocycles. The average molecular weight is 414 g/mol. The van der Waals surface area contributed by atoms with Gasteiger partial charge in [0.2, 0.25) is 0 Å². The lowest BCUT2D eigenvalue weighted by Gasteiger charge is -2.28. The lowest BCUT2D eigenvalue weighted by atomic mass is 10.1. The van der Waals surface area contributed by atoms with Crippen molar-refractivity contribution in [1.82, 2.24) is 9.80 Å². The van der Waals surface area contributed by atoms with Crippen molar-refractivity contribution in [2.24, 2.45) is 0 Å². The minimum absolute atomic E-state index is 0.701. The number of nitrogens with one attached hydrogen (secondary N) is 1. The number of benzene rings is 1. The van der Waals surface area contributed by atoms with Crippen LogP contribution in [0.15, 0.2) is 41.0 Å². The van der Waals surface area contributed by atoms with Crippen LogP contribution in [-0.2, 0) is 13.0 Å². The van der Waals surface area contributed by atoms with Crippen LogP contribution in [0.5, 0.6) is 0 Å². The number of furan rings is 1. The number of nitrogens with zero attached hydrogens (tertiary/aromatic N) is 2. The summed E-state index contributed by atoms with van der Waals surface area (Å²) < 4.78 is 5.61. The van der Waals surface area contributed by atoms with Crippen molar-refractivity contribution in [3.05, 3.63) is 53.5 Å². The van der Waals surface area contributed by atoms with Gasteiger partial charge in [-0.3, -0.25) is 0 Å². The molecular formula is C24H35N3OS. The van der Waals surface area contributed by atoms with Gasteiger partial charge in [-0.1, -0.05) is 38.0 Å². The van der Waals surface area contributed by atoms with E-state index in [0.717, 1.165) is 42.5 Å². The lowest BCUT2D eigenvalue weighted by Crippen LogP contribution is -2.37. The van der Waals surface area contributed by atoms with Gasteiger partial charge >= 0.3 is 0 Å². The molecule has 0 amide bonds. The largest absolute Gasteiger partial charge is 0.467 e. The van der Waals surface area contributed by atoms with Crippen LogP contribution < -0.4 is 5.32 Å². The van der Waals surface area contributed by atoms with Crippen LogP contribution in [0.3, 0.4) is 0 Å². The van der Waals surface area contributed by atoms with Crippen molar-refractivity contribution in [2.75, 3.05) is 31.5 Å². The van der Waals surface area contributed by atoms with Gasteiger partial charge in [-0.25, -0.2) is 0 Å². The van der Waals surface area contributed by atoms with E-state index >= 15 is 0 Å². The number of hydrogen-bond acceptors (Lipinski definition) is 3. The fourth-order valence-electron chi connectivity index (χ4n) is 4.08.